The van der Waals surface area contributed by atoms with Crippen LogP contribution < -0.4 is 29.9 Å². The van der Waals surface area contributed by atoms with E-state index in [1.807, 2.05) is 81.6 Å². The van der Waals surface area contributed by atoms with Gasteiger partial charge in [-0.25, -0.2) is 23.5 Å². The lowest BCUT2D eigenvalue weighted by atomic mass is 10.0. The summed E-state index contributed by atoms with van der Waals surface area (Å²) >= 11 is 5.58. The topological polar surface area (TPSA) is 101 Å². The second-order valence-corrected chi connectivity index (χ2v) is 16.6. The van der Waals surface area contributed by atoms with Gasteiger partial charge in [-0.1, -0.05) is 36.4 Å². The highest BCUT2D eigenvalue weighted by Gasteiger charge is 2.25. The number of methoxy groups -OCH3 is 2. The summed E-state index contributed by atoms with van der Waals surface area (Å²) in [6, 6.07) is 29.9. The largest absolute Gasteiger partial charge is 0.497 e. The van der Waals surface area contributed by atoms with E-state index in [0.29, 0.717) is 11.9 Å². The van der Waals surface area contributed by atoms with Gasteiger partial charge in [-0.2, -0.15) is 0 Å². The van der Waals surface area contributed by atoms with E-state index in [9.17, 15) is 18.0 Å². The third kappa shape index (κ3) is 15.9. The lowest BCUT2D eigenvalue weighted by molar-refractivity contribution is 0.0497. The van der Waals surface area contributed by atoms with E-state index in [-0.39, 0.29) is 36.2 Å². The van der Waals surface area contributed by atoms with Crippen molar-refractivity contribution in [3.63, 3.8) is 0 Å². The van der Waals surface area contributed by atoms with E-state index in [1.54, 1.807) is 32.5 Å². The van der Waals surface area contributed by atoms with Crippen LogP contribution in [0.25, 0.3) is 21.5 Å². The van der Waals surface area contributed by atoms with Crippen molar-refractivity contribution in [2.24, 2.45) is 0 Å². The Hall–Kier alpha value is -5.50. The monoisotopic (exact) mass is 937 g/mol. The number of benzene rings is 4. The predicted octanol–water partition coefficient (Wildman–Crippen LogP) is 11.4. The number of hydrogen-bond donors (Lipinski definition) is 2. The first-order chi connectivity index (χ1) is 31.3. The molecule has 2 aliphatic rings. The van der Waals surface area contributed by atoms with E-state index < -0.39 is 12.8 Å². The van der Waals surface area contributed by atoms with Gasteiger partial charge in [0.2, 0.25) is 0 Å². The van der Waals surface area contributed by atoms with Gasteiger partial charge in [0.25, 0.3) is 0 Å². The molecule has 2 N–H and O–H groups in total. The molecule has 1 amide bonds. The number of nitrogens with zero attached hydrogens (tertiary/aromatic N) is 4. The molecule has 65 heavy (non-hydrogen) atoms. The Morgan fingerprint density at radius 1 is 0.723 bits per heavy atom. The second-order valence-electron chi connectivity index (χ2n) is 16.4. The molecule has 0 aliphatic carbocycles. The third-order valence-electron chi connectivity index (χ3n) is 10.8. The second kappa shape index (κ2) is 25.8. The third-order valence-corrected chi connectivity index (χ3v) is 11.1. The molecule has 350 valence electrons. The van der Waals surface area contributed by atoms with Crippen LogP contribution in [-0.4, -0.2) is 81.3 Å². The fourth-order valence-electron chi connectivity index (χ4n) is 7.48. The van der Waals surface area contributed by atoms with Crippen LogP contribution in [0.5, 0.6) is 11.5 Å². The van der Waals surface area contributed by atoms with Crippen LogP contribution >= 0.6 is 24.0 Å². The summed E-state index contributed by atoms with van der Waals surface area (Å²) in [7, 11) is 2.33. The summed E-state index contributed by atoms with van der Waals surface area (Å²) < 4.78 is 58.3. The normalized spacial score (nSPS) is 14.3. The van der Waals surface area contributed by atoms with Gasteiger partial charge in [0, 0.05) is 73.9 Å². The van der Waals surface area contributed by atoms with Gasteiger partial charge in [-0.05, 0) is 129 Å². The molecule has 8 rings (SSSR count). The van der Waals surface area contributed by atoms with Crippen molar-refractivity contribution in [3.8, 4) is 11.5 Å². The maximum absolute atomic E-state index is 13.7. The van der Waals surface area contributed by atoms with E-state index >= 15 is 0 Å². The minimum atomic E-state index is -1.00. The Morgan fingerprint density at radius 3 is 1.57 bits per heavy atom. The number of alkyl carbamates (subject to hydrolysis) is 1. The zero-order valence-corrected chi connectivity index (χ0v) is 39.2. The molecule has 2 saturated heterocycles. The van der Waals surface area contributed by atoms with Gasteiger partial charge in [0.05, 0.1) is 22.7 Å². The molecule has 0 atom stereocenters. The summed E-state index contributed by atoms with van der Waals surface area (Å²) in [6.07, 6.45) is 6.87. The maximum Gasteiger partial charge on any atom is 0.407 e. The number of aromatic nitrogens is 2. The molecule has 2 fully saturated rings. The molecule has 4 heterocycles. The first-order valence-electron chi connectivity index (χ1n) is 22.0. The van der Waals surface area contributed by atoms with E-state index in [1.165, 1.54) is 23.8 Å². The number of fused-ring (bicyclic) bond motifs is 2. The molecule has 0 saturated carbocycles. The van der Waals surface area contributed by atoms with Gasteiger partial charge >= 0.3 is 6.09 Å². The quantitative estimate of drug-likeness (QED) is 0.137. The van der Waals surface area contributed by atoms with Crippen molar-refractivity contribution < 1.29 is 33.5 Å². The van der Waals surface area contributed by atoms with E-state index in [0.717, 1.165) is 109 Å². The van der Waals surface area contributed by atoms with Crippen molar-refractivity contribution in [1.82, 2.24) is 20.6 Å². The number of anilines is 2. The van der Waals surface area contributed by atoms with Crippen LogP contribution in [0, 0.1) is 11.6 Å². The fraction of sp³-hybridized carbons (Fsp3) is 0.380. The minimum absolute atomic E-state index is 0. The molecule has 0 unspecified atom stereocenters. The van der Waals surface area contributed by atoms with Gasteiger partial charge < -0.3 is 34.6 Å². The first-order valence-corrected chi connectivity index (χ1v) is 21.8. The number of rotatable bonds is 9. The summed E-state index contributed by atoms with van der Waals surface area (Å²) in [5.41, 5.74) is 1.87. The van der Waals surface area contributed by atoms with Crippen LogP contribution in [-0.2, 0) is 17.2 Å². The highest BCUT2D eigenvalue weighted by atomic mass is 35.5. The molecule has 10 nitrogen and oxygen atoms in total. The Kier molecular flexibility index (Phi) is 20.1. The molecule has 6 aromatic rings. The van der Waals surface area contributed by atoms with Crippen LogP contribution in [0.4, 0.5) is 29.6 Å². The molecule has 0 spiro atoms. The zero-order valence-electron chi connectivity index (χ0n) is 38.7. The fourth-order valence-corrected chi connectivity index (χ4v) is 7.66. The van der Waals surface area contributed by atoms with Gasteiger partial charge in [-0.15, -0.1) is 24.0 Å². The first kappa shape index (κ1) is 50.5. The van der Waals surface area contributed by atoms with Crippen LogP contribution in [0.2, 0.25) is 0 Å². The van der Waals surface area contributed by atoms with Gasteiger partial charge in [0.15, 0.2) is 0 Å². The van der Waals surface area contributed by atoms with Crippen molar-refractivity contribution in [2.45, 2.75) is 76.6 Å². The Labute approximate surface area is 393 Å². The number of pyridine rings is 2. The van der Waals surface area contributed by atoms with Crippen LogP contribution in [0.3, 0.4) is 0 Å². The lowest BCUT2D eigenvalue weighted by Gasteiger charge is -2.34. The van der Waals surface area contributed by atoms with E-state index in [2.05, 4.69) is 42.5 Å². The number of carbonyl (C=O) groups excluding carboxylic acids is 1. The van der Waals surface area contributed by atoms with Gasteiger partial charge in [0.1, 0.15) is 40.4 Å². The molecule has 2 aliphatic heterocycles. The number of halogens is 5. The molecule has 0 radical (unpaired) electrons. The van der Waals surface area contributed by atoms with Crippen molar-refractivity contribution >= 4 is 63.3 Å². The van der Waals surface area contributed by atoms with Gasteiger partial charge in [-0.3, -0.25) is 4.39 Å². The summed E-state index contributed by atoms with van der Waals surface area (Å²) in [5.74, 6) is 3.52. The number of ether oxygens (including phenoxy) is 3. The van der Waals surface area contributed by atoms with Crippen molar-refractivity contribution in [1.29, 1.82) is 0 Å². The predicted molar refractivity (Wildman–Crippen MR) is 260 cm³/mol. The summed E-state index contributed by atoms with van der Waals surface area (Å²) in [5, 5.41) is 10.3. The van der Waals surface area contributed by atoms with Crippen LogP contribution in [0.1, 0.15) is 59.0 Å². The Balaban J connectivity index is 0.000000226. The zero-order chi connectivity index (χ0) is 46.8. The maximum atomic E-state index is 13.7. The number of nitrogens with one attached hydrogen (secondary N) is 2. The minimum Gasteiger partial charge on any atom is -0.497 e. The number of hydrogen-bond acceptors (Lipinski definition) is 9. The Morgan fingerprint density at radius 2 is 1.15 bits per heavy atom. The average Bonchev–Trinajstić information content (AvgIpc) is 3.31. The standard InChI is InChI=1S/C22H24FN3O.C19H24FN3O2.C8H9ClO.CH3F.ClH/c1-27-20-6-2-16(3-7-20)15-25-19-9-12-26(13-10-19)22-21-14-18(23)5-4-17(21)8-11-24-22;1-19(2,3)25-18(24)22-15-7-10-23(11-8-15)17-16-12-14(20)5-4-13(16)6-9-21-17;1-10-8-4-2-7(6-9)3-5-8;1-2;/h2-8,11,14,19,25H,9-10,12-13,15H2,1H3;4-6,9,12,15H,7-8,10-11H2,1-3H3,(H,22,24);2-5H,6H2,1H3;1H3;1H/i;;;1D;. The average molecular weight is 939 g/mol. The molecule has 0 bridgehead atoms. The Bertz CT molecular complexity index is 2360. The number of carbonyl (C=O) groups is 1. The lowest BCUT2D eigenvalue weighted by Crippen LogP contribution is -2.46. The molecule has 15 heteroatoms. The highest BCUT2D eigenvalue weighted by Crippen LogP contribution is 2.29. The van der Waals surface area contributed by atoms with E-state index in [4.69, 9.17) is 27.2 Å². The van der Waals surface area contributed by atoms with Crippen molar-refractivity contribution in [2.75, 3.05) is 57.4 Å². The molecular formula is C50H61Cl2F3N6O4. The number of alkyl halides is 2. The summed E-state index contributed by atoms with van der Waals surface area (Å²) in [4.78, 5) is 25.3. The molecule has 2 aromatic heterocycles. The molecule has 4 aromatic carbocycles. The van der Waals surface area contributed by atoms with Crippen LogP contribution in [0.15, 0.2) is 109 Å². The van der Waals surface area contributed by atoms with Crippen molar-refractivity contribution in [3.05, 3.63) is 132 Å². The number of amides is 1. The summed E-state index contributed by atoms with van der Waals surface area (Å²) in [6.45, 7) is 9.74. The number of piperidine rings is 2. The SMILES string of the molecule is CC(C)(C)OC(=O)NC1CCN(c2nccc3ccc(F)cc23)CC1.COc1ccc(CCl)cc1.COc1ccc(CNC2CCN(c3nccc4ccc(F)cc34)CC2)cc1.Cl.[2H]CF. The highest BCUT2D eigenvalue weighted by molar-refractivity contribution is 6.17. The molecular weight excluding hydrogens is 876 g/mol. The smallest absolute Gasteiger partial charge is 0.407 e.